The number of hydrogen-bond donors (Lipinski definition) is 1. The van der Waals surface area contributed by atoms with Gasteiger partial charge in [0.05, 0.1) is 22.9 Å². The molecule has 1 heterocycles. The van der Waals surface area contributed by atoms with Crippen LogP contribution in [-0.4, -0.2) is 29.4 Å². The summed E-state index contributed by atoms with van der Waals surface area (Å²) in [6.07, 6.45) is 0. The van der Waals surface area contributed by atoms with Gasteiger partial charge in [-0.05, 0) is 38.2 Å². The normalized spacial score (nSPS) is 10.7. The summed E-state index contributed by atoms with van der Waals surface area (Å²) in [5, 5.41) is 5.98. The van der Waals surface area contributed by atoms with E-state index in [9.17, 15) is 4.79 Å². The second kappa shape index (κ2) is 8.60. The number of amides is 1. The molecule has 3 rings (SSSR count). The zero-order chi connectivity index (χ0) is 18.4. The highest BCUT2D eigenvalue weighted by Crippen LogP contribution is 2.29. The number of carbonyl (C=O) groups is 1. The van der Waals surface area contributed by atoms with Crippen molar-refractivity contribution in [2.24, 2.45) is 0 Å². The summed E-state index contributed by atoms with van der Waals surface area (Å²) in [7, 11) is 1.90. The lowest BCUT2D eigenvalue weighted by molar-refractivity contribution is -0.117. The average molecular weight is 367 g/mol. The number of ether oxygens (including phenoxy) is 1. The minimum Gasteiger partial charge on any atom is -0.455 e. The minimum absolute atomic E-state index is 0.0939. The maximum atomic E-state index is 12.4. The summed E-state index contributed by atoms with van der Waals surface area (Å²) in [5.74, 6) is 1.25. The van der Waals surface area contributed by atoms with E-state index in [-0.39, 0.29) is 12.5 Å². The number of nitrogens with zero attached hydrogens (tertiary/aromatic N) is 2. The first-order valence-corrected chi connectivity index (χ1v) is 9.19. The van der Waals surface area contributed by atoms with Gasteiger partial charge in [0, 0.05) is 11.9 Å². The second-order valence-corrected chi connectivity index (χ2v) is 7.05. The van der Waals surface area contributed by atoms with Crippen molar-refractivity contribution in [3.63, 3.8) is 0 Å². The predicted octanol–water partition coefficient (Wildman–Crippen LogP) is 4.31. The van der Waals surface area contributed by atoms with Gasteiger partial charge in [-0.2, -0.15) is 0 Å². The monoisotopic (exact) mass is 367 g/mol. The lowest BCUT2D eigenvalue weighted by atomic mass is 10.2. The summed E-state index contributed by atoms with van der Waals surface area (Å²) in [6.45, 7) is 2.89. The molecular weight excluding hydrogens is 346 g/mol. The lowest BCUT2D eigenvalue weighted by Crippen LogP contribution is -2.30. The number of carbonyl (C=O) groups excluding carboxylic acids is 1. The van der Waals surface area contributed by atoms with Gasteiger partial charge in [0.2, 0.25) is 5.91 Å². The van der Waals surface area contributed by atoms with E-state index >= 15 is 0 Å². The van der Waals surface area contributed by atoms with Crippen LogP contribution in [0.4, 0.5) is 5.69 Å². The highest BCUT2D eigenvalue weighted by Gasteiger charge is 2.12. The molecule has 6 heteroatoms. The molecule has 3 aromatic rings. The largest absolute Gasteiger partial charge is 0.455 e. The van der Waals surface area contributed by atoms with Crippen molar-refractivity contribution in [2.75, 3.05) is 18.9 Å². The van der Waals surface area contributed by atoms with Crippen LogP contribution in [0.3, 0.4) is 0 Å². The Labute approximate surface area is 157 Å². The molecule has 26 heavy (non-hydrogen) atoms. The molecule has 0 saturated carbocycles. The number of nitrogens with one attached hydrogen (secondary N) is 1. The molecular formula is C20H21N3O2S. The summed E-state index contributed by atoms with van der Waals surface area (Å²) in [6, 6.07) is 16.9. The van der Waals surface area contributed by atoms with Gasteiger partial charge in [0.25, 0.3) is 0 Å². The Bertz CT molecular complexity index is 864. The Balaban J connectivity index is 1.60. The number of hydrogen-bond acceptors (Lipinski definition) is 5. The van der Waals surface area contributed by atoms with E-state index < -0.39 is 0 Å². The zero-order valence-electron chi connectivity index (χ0n) is 14.8. The number of likely N-dealkylation sites (N-methyl/N-ethyl adjacent to an activating group) is 1. The van der Waals surface area contributed by atoms with Crippen LogP contribution in [0, 0.1) is 6.92 Å². The molecule has 134 valence electrons. The van der Waals surface area contributed by atoms with Gasteiger partial charge >= 0.3 is 0 Å². The zero-order valence-corrected chi connectivity index (χ0v) is 15.6. The average Bonchev–Trinajstić information content (AvgIpc) is 3.02. The van der Waals surface area contributed by atoms with Crippen LogP contribution in [0.5, 0.6) is 11.5 Å². The third kappa shape index (κ3) is 5.15. The Morgan fingerprint density at radius 3 is 2.62 bits per heavy atom. The molecule has 0 atom stereocenters. The number of rotatable bonds is 7. The van der Waals surface area contributed by atoms with Crippen molar-refractivity contribution in [1.82, 2.24) is 9.88 Å². The fourth-order valence-electron chi connectivity index (χ4n) is 2.52. The number of anilines is 1. The number of aryl methyl sites for hydroxylation is 1. The van der Waals surface area contributed by atoms with Crippen LogP contribution in [0.15, 0.2) is 60.0 Å². The molecule has 1 N–H and O–H groups in total. The summed E-state index contributed by atoms with van der Waals surface area (Å²) < 4.78 is 5.88. The van der Waals surface area contributed by atoms with Crippen LogP contribution >= 0.6 is 11.3 Å². The highest BCUT2D eigenvalue weighted by molar-refractivity contribution is 7.09. The van der Waals surface area contributed by atoms with E-state index in [1.165, 1.54) is 0 Å². The van der Waals surface area contributed by atoms with Gasteiger partial charge in [-0.25, -0.2) is 4.98 Å². The fourth-order valence-corrected chi connectivity index (χ4v) is 3.13. The molecule has 5 nitrogen and oxygen atoms in total. The first kappa shape index (κ1) is 18.1. The van der Waals surface area contributed by atoms with Crippen LogP contribution in [0.25, 0.3) is 0 Å². The number of aromatic nitrogens is 1. The third-order valence-electron chi connectivity index (χ3n) is 3.64. The molecule has 0 aliphatic heterocycles. The first-order valence-electron chi connectivity index (χ1n) is 8.31. The standard InChI is InChI=1S/C20H21N3O2S/c1-15-21-16(14-26-15)12-23(2)13-20(24)22-18-10-6-7-11-19(18)25-17-8-4-3-5-9-17/h3-11,14H,12-13H2,1-2H3,(H,22,24). The fraction of sp³-hybridized carbons (Fsp3) is 0.200. The first-order chi connectivity index (χ1) is 12.6. The maximum absolute atomic E-state index is 12.4. The molecule has 0 bridgehead atoms. The quantitative estimate of drug-likeness (QED) is 0.676. The van der Waals surface area contributed by atoms with Crippen molar-refractivity contribution < 1.29 is 9.53 Å². The third-order valence-corrected chi connectivity index (χ3v) is 4.47. The molecule has 1 aromatic heterocycles. The molecule has 1 amide bonds. The Morgan fingerprint density at radius 1 is 1.15 bits per heavy atom. The van der Waals surface area contributed by atoms with Gasteiger partial charge in [-0.15, -0.1) is 11.3 Å². The molecule has 0 saturated heterocycles. The van der Waals surface area contributed by atoms with E-state index in [0.717, 1.165) is 16.5 Å². The van der Waals surface area contributed by atoms with Crippen molar-refractivity contribution in [3.05, 3.63) is 70.7 Å². The van der Waals surface area contributed by atoms with E-state index in [1.807, 2.05) is 78.8 Å². The van der Waals surface area contributed by atoms with Crippen LogP contribution in [0.2, 0.25) is 0 Å². The summed E-state index contributed by atoms with van der Waals surface area (Å²) in [5.41, 5.74) is 1.63. The molecule has 0 aliphatic rings. The summed E-state index contributed by atoms with van der Waals surface area (Å²) in [4.78, 5) is 18.8. The molecule has 2 aromatic carbocycles. The predicted molar refractivity (Wildman–Crippen MR) is 105 cm³/mol. The van der Waals surface area contributed by atoms with E-state index in [4.69, 9.17) is 4.74 Å². The van der Waals surface area contributed by atoms with Gasteiger partial charge in [0.1, 0.15) is 5.75 Å². The number of thiazole rings is 1. The highest BCUT2D eigenvalue weighted by atomic mass is 32.1. The Kier molecular flexibility index (Phi) is 5.99. The minimum atomic E-state index is -0.0939. The van der Waals surface area contributed by atoms with E-state index in [2.05, 4.69) is 10.3 Å². The molecule has 0 radical (unpaired) electrons. The van der Waals surface area contributed by atoms with Gasteiger partial charge in [-0.3, -0.25) is 9.69 Å². The molecule has 0 fully saturated rings. The SMILES string of the molecule is Cc1nc(CN(C)CC(=O)Nc2ccccc2Oc2ccccc2)cs1. The Hall–Kier alpha value is -2.70. The second-order valence-electron chi connectivity index (χ2n) is 5.99. The molecule has 0 aliphatic carbocycles. The summed E-state index contributed by atoms with van der Waals surface area (Å²) >= 11 is 1.62. The van der Waals surface area contributed by atoms with Crippen molar-refractivity contribution in [2.45, 2.75) is 13.5 Å². The van der Waals surface area contributed by atoms with Gasteiger partial charge < -0.3 is 10.1 Å². The van der Waals surface area contributed by atoms with E-state index in [0.29, 0.717) is 18.0 Å². The Morgan fingerprint density at radius 2 is 1.88 bits per heavy atom. The van der Waals surface area contributed by atoms with Crippen molar-refractivity contribution in [3.8, 4) is 11.5 Å². The number of para-hydroxylation sites is 3. The van der Waals surface area contributed by atoms with Gasteiger partial charge in [-0.1, -0.05) is 30.3 Å². The van der Waals surface area contributed by atoms with Crippen molar-refractivity contribution >= 4 is 22.9 Å². The van der Waals surface area contributed by atoms with Crippen molar-refractivity contribution in [1.29, 1.82) is 0 Å². The molecule has 0 unspecified atom stereocenters. The smallest absolute Gasteiger partial charge is 0.238 e. The maximum Gasteiger partial charge on any atom is 0.238 e. The molecule has 0 spiro atoms. The van der Waals surface area contributed by atoms with Crippen LogP contribution in [-0.2, 0) is 11.3 Å². The van der Waals surface area contributed by atoms with Gasteiger partial charge in [0.15, 0.2) is 5.75 Å². The van der Waals surface area contributed by atoms with E-state index in [1.54, 1.807) is 11.3 Å². The topological polar surface area (TPSA) is 54.5 Å². The lowest BCUT2D eigenvalue weighted by Gasteiger charge is -2.16. The number of benzene rings is 2. The van der Waals surface area contributed by atoms with Crippen LogP contribution in [0.1, 0.15) is 10.7 Å². The van der Waals surface area contributed by atoms with Crippen LogP contribution < -0.4 is 10.1 Å².